The molecular formula is C19H36N2+2. The van der Waals surface area contributed by atoms with Crippen molar-refractivity contribution in [3.63, 3.8) is 0 Å². The molecule has 120 valence electrons. The second-order valence-electron chi connectivity index (χ2n) is 7.00. The summed E-state index contributed by atoms with van der Waals surface area (Å²) in [5.74, 6) is 0. The quantitative estimate of drug-likeness (QED) is 0.578. The van der Waals surface area contributed by atoms with Gasteiger partial charge in [-0.1, -0.05) is 37.3 Å². The molecule has 0 bridgehead atoms. The maximum atomic E-state index is 2.45. The van der Waals surface area contributed by atoms with Gasteiger partial charge in [-0.2, -0.15) is 0 Å². The van der Waals surface area contributed by atoms with E-state index < -0.39 is 0 Å². The van der Waals surface area contributed by atoms with Crippen molar-refractivity contribution in [2.24, 2.45) is 0 Å². The molecule has 1 atom stereocenters. The molecule has 1 aromatic rings. The fourth-order valence-corrected chi connectivity index (χ4v) is 2.94. The standard InChI is InChI=1S/C19H36N2/c1-6-15-21(5,18-17-20(4,7-2)8-3)16-14-19-12-10-9-11-13-19/h9-13H,6-8,14-18H2,1-5H3/q+2. The number of rotatable bonds is 10. The van der Waals surface area contributed by atoms with E-state index in [1.807, 2.05) is 0 Å². The molecular weight excluding hydrogens is 256 g/mol. The highest BCUT2D eigenvalue weighted by Crippen LogP contribution is 2.11. The van der Waals surface area contributed by atoms with E-state index in [-0.39, 0.29) is 0 Å². The molecule has 1 rings (SSSR count). The second kappa shape index (κ2) is 8.55. The number of benzene rings is 1. The molecule has 2 heteroatoms. The lowest BCUT2D eigenvalue weighted by Gasteiger charge is -2.39. The summed E-state index contributed by atoms with van der Waals surface area (Å²) in [6.07, 6.45) is 2.46. The predicted octanol–water partition coefficient (Wildman–Crippen LogP) is 3.57. The summed E-state index contributed by atoms with van der Waals surface area (Å²) in [4.78, 5) is 0. The summed E-state index contributed by atoms with van der Waals surface area (Å²) in [6, 6.07) is 10.9. The van der Waals surface area contributed by atoms with Crippen molar-refractivity contribution in [2.75, 3.05) is 53.4 Å². The third-order valence-electron chi connectivity index (χ3n) is 5.25. The first kappa shape index (κ1) is 18.2. The Hall–Kier alpha value is -0.860. The van der Waals surface area contributed by atoms with Crippen LogP contribution < -0.4 is 0 Å². The fourth-order valence-electron chi connectivity index (χ4n) is 2.94. The van der Waals surface area contributed by atoms with E-state index in [0.29, 0.717) is 0 Å². The van der Waals surface area contributed by atoms with Gasteiger partial charge in [-0.05, 0) is 25.8 Å². The summed E-state index contributed by atoms with van der Waals surface area (Å²) in [5.41, 5.74) is 1.47. The molecule has 0 amide bonds. The van der Waals surface area contributed by atoms with Gasteiger partial charge in [-0.25, -0.2) is 0 Å². The predicted molar refractivity (Wildman–Crippen MR) is 93.4 cm³/mol. The number of nitrogens with zero attached hydrogens (tertiary/aromatic N) is 2. The lowest BCUT2D eigenvalue weighted by Crippen LogP contribution is -2.55. The molecule has 21 heavy (non-hydrogen) atoms. The first-order chi connectivity index (χ1) is 9.97. The van der Waals surface area contributed by atoms with E-state index in [2.05, 4.69) is 65.2 Å². The molecule has 1 aromatic carbocycles. The third kappa shape index (κ3) is 6.19. The second-order valence-corrected chi connectivity index (χ2v) is 7.00. The van der Waals surface area contributed by atoms with E-state index in [0.717, 1.165) is 0 Å². The average molecular weight is 293 g/mol. The maximum Gasteiger partial charge on any atom is 0.128 e. The Morgan fingerprint density at radius 3 is 1.81 bits per heavy atom. The van der Waals surface area contributed by atoms with Gasteiger partial charge < -0.3 is 8.97 Å². The number of hydrogen-bond donors (Lipinski definition) is 0. The van der Waals surface area contributed by atoms with Crippen LogP contribution in [-0.4, -0.2) is 62.3 Å². The minimum absolute atomic E-state index is 1.19. The van der Waals surface area contributed by atoms with Crippen LogP contribution >= 0.6 is 0 Å². The van der Waals surface area contributed by atoms with Crippen LogP contribution in [0.25, 0.3) is 0 Å². The Kier molecular flexibility index (Phi) is 7.41. The topological polar surface area (TPSA) is 0 Å². The maximum absolute atomic E-state index is 2.45. The van der Waals surface area contributed by atoms with Crippen LogP contribution in [0.3, 0.4) is 0 Å². The SMILES string of the molecule is CCC[N+](C)(CCc1ccccc1)CC[N+](C)(CC)CC. The molecule has 0 radical (unpaired) electrons. The van der Waals surface area contributed by atoms with Crippen LogP contribution in [-0.2, 0) is 6.42 Å². The van der Waals surface area contributed by atoms with Crippen molar-refractivity contribution in [3.05, 3.63) is 35.9 Å². The van der Waals surface area contributed by atoms with Gasteiger partial charge in [0.05, 0.1) is 40.3 Å². The first-order valence-electron chi connectivity index (χ1n) is 8.68. The highest BCUT2D eigenvalue weighted by atomic mass is 15.4. The van der Waals surface area contributed by atoms with Crippen molar-refractivity contribution in [2.45, 2.75) is 33.6 Å². The molecule has 0 saturated carbocycles. The Morgan fingerprint density at radius 2 is 1.29 bits per heavy atom. The van der Waals surface area contributed by atoms with E-state index in [4.69, 9.17) is 0 Å². The van der Waals surface area contributed by atoms with E-state index in [1.54, 1.807) is 0 Å². The summed E-state index contributed by atoms with van der Waals surface area (Å²) in [6.45, 7) is 14.5. The summed E-state index contributed by atoms with van der Waals surface area (Å²) >= 11 is 0. The fraction of sp³-hybridized carbons (Fsp3) is 0.684. The van der Waals surface area contributed by atoms with Gasteiger partial charge >= 0.3 is 0 Å². The van der Waals surface area contributed by atoms with Crippen molar-refractivity contribution in [1.82, 2.24) is 0 Å². The van der Waals surface area contributed by atoms with Crippen LogP contribution in [0.4, 0.5) is 0 Å². The van der Waals surface area contributed by atoms with Crippen LogP contribution in [0.5, 0.6) is 0 Å². The Balaban J connectivity index is 2.60. The van der Waals surface area contributed by atoms with Gasteiger partial charge in [-0.15, -0.1) is 0 Å². The third-order valence-corrected chi connectivity index (χ3v) is 5.25. The molecule has 0 spiro atoms. The van der Waals surface area contributed by atoms with E-state index in [9.17, 15) is 0 Å². The van der Waals surface area contributed by atoms with Crippen LogP contribution in [0, 0.1) is 0 Å². The molecule has 2 nitrogen and oxygen atoms in total. The molecule has 0 saturated heterocycles. The van der Waals surface area contributed by atoms with E-state index in [1.165, 1.54) is 66.6 Å². The molecule has 0 aliphatic heterocycles. The molecule has 0 aliphatic rings. The molecule has 0 heterocycles. The zero-order valence-electron chi connectivity index (χ0n) is 14.9. The summed E-state index contributed by atoms with van der Waals surface area (Å²) in [5, 5.41) is 0. The number of hydrogen-bond acceptors (Lipinski definition) is 0. The highest BCUT2D eigenvalue weighted by Gasteiger charge is 2.26. The van der Waals surface area contributed by atoms with Gasteiger partial charge in [0.25, 0.3) is 0 Å². The Morgan fingerprint density at radius 1 is 0.714 bits per heavy atom. The van der Waals surface area contributed by atoms with Crippen LogP contribution in [0.15, 0.2) is 30.3 Å². The molecule has 0 fully saturated rings. The average Bonchev–Trinajstić information content (AvgIpc) is 2.52. The highest BCUT2D eigenvalue weighted by molar-refractivity contribution is 5.14. The van der Waals surface area contributed by atoms with Crippen molar-refractivity contribution in [3.8, 4) is 0 Å². The molecule has 0 aliphatic carbocycles. The number of likely N-dealkylation sites (N-methyl/N-ethyl adjacent to an activating group) is 2. The molecule has 0 N–H and O–H groups in total. The van der Waals surface area contributed by atoms with Crippen LogP contribution in [0.2, 0.25) is 0 Å². The smallest absolute Gasteiger partial charge is 0.128 e. The van der Waals surface area contributed by atoms with Crippen molar-refractivity contribution < 1.29 is 8.97 Å². The lowest BCUT2D eigenvalue weighted by molar-refractivity contribution is -0.962. The van der Waals surface area contributed by atoms with Crippen LogP contribution in [0.1, 0.15) is 32.8 Å². The zero-order chi connectivity index (χ0) is 15.8. The summed E-state index contributed by atoms with van der Waals surface area (Å²) < 4.78 is 2.40. The van der Waals surface area contributed by atoms with Gasteiger partial charge in [0.2, 0.25) is 0 Å². The Labute approximate surface area is 132 Å². The first-order valence-corrected chi connectivity index (χ1v) is 8.68. The van der Waals surface area contributed by atoms with Gasteiger partial charge in [0.1, 0.15) is 13.1 Å². The molecule has 1 unspecified atom stereocenters. The molecule has 0 aromatic heterocycles. The summed E-state index contributed by atoms with van der Waals surface area (Å²) in [7, 11) is 4.84. The zero-order valence-corrected chi connectivity index (χ0v) is 14.9. The monoisotopic (exact) mass is 292 g/mol. The minimum atomic E-state index is 1.19. The van der Waals surface area contributed by atoms with Crippen molar-refractivity contribution >= 4 is 0 Å². The lowest BCUT2D eigenvalue weighted by atomic mass is 10.1. The van der Waals surface area contributed by atoms with Gasteiger partial charge in [0.15, 0.2) is 0 Å². The van der Waals surface area contributed by atoms with Gasteiger partial charge in [-0.3, -0.25) is 0 Å². The largest absolute Gasteiger partial charge is 0.322 e. The van der Waals surface area contributed by atoms with E-state index >= 15 is 0 Å². The van der Waals surface area contributed by atoms with Gasteiger partial charge in [0, 0.05) is 6.42 Å². The Bertz CT molecular complexity index is 384. The minimum Gasteiger partial charge on any atom is -0.322 e. The van der Waals surface area contributed by atoms with Crippen molar-refractivity contribution in [1.29, 1.82) is 0 Å². The number of quaternary nitrogens is 2. The normalized spacial score (nSPS) is 14.9.